The van der Waals surface area contributed by atoms with Crippen LogP contribution < -0.4 is 10.0 Å². The van der Waals surface area contributed by atoms with Crippen molar-refractivity contribution in [2.75, 3.05) is 13.6 Å². The van der Waals surface area contributed by atoms with Gasteiger partial charge in [-0.1, -0.05) is 6.07 Å². The summed E-state index contributed by atoms with van der Waals surface area (Å²) in [6.07, 6.45) is 0.727. The molecule has 2 aromatic rings. The second-order valence-electron chi connectivity index (χ2n) is 4.01. The van der Waals surface area contributed by atoms with Crippen LogP contribution in [0.2, 0.25) is 0 Å². The van der Waals surface area contributed by atoms with Gasteiger partial charge in [0.05, 0.1) is 4.90 Å². The molecule has 104 valence electrons. The van der Waals surface area contributed by atoms with Crippen molar-refractivity contribution < 1.29 is 8.42 Å². The molecule has 0 aromatic carbocycles. The first-order valence-corrected chi connectivity index (χ1v) is 9.10. The third-order valence-corrected chi connectivity index (χ3v) is 6.00. The second kappa shape index (κ2) is 6.62. The van der Waals surface area contributed by atoms with Gasteiger partial charge in [-0.3, -0.25) is 0 Å². The van der Waals surface area contributed by atoms with Gasteiger partial charge in [0.1, 0.15) is 0 Å². The maximum Gasteiger partial charge on any atom is 0.241 e. The summed E-state index contributed by atoms with van der Waals surface area (Å²) in [5.41, 5.74) is 0. The molecule has 0 spiro atoms. The molecular formula is C12H16N2O2S3. The van der Waals surface area contributed by atoms with E-state index in [0.717, 1.165) is 11.3 Å². The SMILES string of the molecule is CNCc1cc(S(=O)(=O)NCCc2cccs2)cs1. The Kier molecular flexibility index (Phi) is 5.12. The number of nitrogens with one attached hydrogen (secondary N) is 2. The zero-order chi connectivity index (χ0) is 13.7. The summed E-state index contributed by atoms with van der Waals surface area (Å²) in [7, 11) is -1.53. The van der Waals surface area contributed by atoms with Gasteiger partial charge in [0.2, 0.25) is 10.0 Å². The predicted molar refractivity (Wildman–Crippen MR) is 80.3 cm³/mol. The Bertz CT molecular complexity index is 603. The van der Waals surface area contributed by atoms with Crippen LogP contribution in [-0.2, 0) is 23.0 Å². The van der Waals surface area contributed by atoms with Crippen LogP contribution in [-0.4, -0.2) is 22.0 Å². The molecular weight excluding hydrogens is 300 g/mol. The van der Waals surface area contributed by atoms with Gasteiger partial charge in [0.25, 0.3) is 0 Å². The summed E-state index contributed by atoms with van der Waals surface area (Å²) in [4.78, 5) is 2.55. The van der Waals surface area contributed by atoms with Gasteiger partial charge in [-0.25, -0.2) is 13.1 Å². The van der Waals surface area contributed by atoms with Crippen LogP contribution in [0.3, 0.4) is 0 Å². The van der Waals surface area contributed by atoms with Gasteiger partial charge in [-0.15, -0.1) is 22.7 Å². The lowest BCUT2D eigenvalue weighted by atomic mass is 10.3. The van der Waals surface area contributed by atoms with E-state index in [9.17, 15) is 8.42 Å². The Morgan fingerprint density at radius 2 is 2.11 bits per heavy atom. The lowest BCUT2D eigenvalue weighted by molar-refractivity contribution is 0.582. The molecule has 0 aliphatic carbocycles. The lowest BCUT2D eigenvalue weighted by Crippen LogP contribution is -2.25. The molecule has 0 aliphatic heterocycles. The zero-order valence-corrected chi connectivity index (χ0v) is 13.0. The Hall–Kier alpha value is -0.730. The summed E-state index contributed by atoms with van der Waals surface area (Å²) in [5.74, 6) is 0. The van der Waals surface area contributed by atoms with E-state index < -0.39 is 10.0 Å². The van der Waals surface area contributed by atoms with Crippen LogP contribution in [0.1, 0.15) is 9.75 Å². The molecule has 0 aliphatic rings. The van der Waals surface area contributed by atoms with E-state index in [1.54, 1.807) is 22.8 Å². The van der Waals surface area contributed by atoms with Crippen LogP contribution in [0.4, 0.5) is 0 Å². The van der Waals surface area contributed by atoms with Crippen molar-refractivity contribution in [1.82, 2.24) is 10.0 Å². The maximum absolute atomic E-state index is 12.1. The molecule has 0 saturated heterocycles. The van der Waals surface area contributed by atoms with Gasteiger partial charge in [-0.2, -0.15) is 0 Å². The topological polar surface area (TPSA) is 58.2 Å². The number of hydrogen-bond acceptors (Lipinski definition) is 5. The van der Waals surface area contributed by atoms with Gasteiger partial charge >= 0.3 is 0 Å². The molecule has 2 N–H and O–H groups in total. The van der Waals surface area contributed by atoms with Gasteiger partial charge in [0, 0.05) is 28.2 Å². The Balaban J connectivity index is 1.93. The van der Waals surface area contributed by atoms with Crippen molar-refractivity contribution in [3.05, 3.63) is 38.7 Å². The molecule has 0 bridgehead atoms. The van der Waals surface area contributed by atoms with E-state index in [-0.39, 0.29) is 0 Å². The van der Waals surface area contributed by atoms with E-state index in [1.807, 2.05) is 24.6 Å². The molecule has 7 heteroatoms. The number of rotatable bonds is 7. The second-order valence-corrected chi connectivity index (χ2v) is 7.80. The summed E-state index contributed by atoms with van der Waals surface area (Å²) >= 11 is 3.09. The largest absolute Gasteiger partial charge is 0.315 e. The Morgan fingerprint density at radius 1 is 1.26 bits per heavy atom. The summed E-state index contributed by atoms with van der Waals surface area (Å²) in [6.45, 7) is 1.12. The number of sulfonamides is 1. The van der Waals surface area contributed by atoms with E-state index in [0.29, 0.717) is 18.0 Å². The number of thiophene rings is 2. The first kappa shape index (κ1) is 14.7. The lowest BCUT2D eigenvalue weighted by Gasteiger charge is -2.03. The third kappa shape index (κ3) is 4.12. The van der Waals surface area contributed by atoms with Crippen molar-refractivity contribution in [2.45, 2.75) is 17.9 Å². The van der Waals surface area contributed by atoms with E-state index in [1.165, 1.54) is 16.2 Å². The van der Waals surface area contributed by atoms with Gasteiger partial charge in [-0.05, 0) is 31.0 Å². The highest BCUT2D eigenvalue weighted by Crippen LogP contribution is 2.19. The average molecular weight is 316 g/mol. The van der Waals surface area contributed by atoms with Crippen LogP contribution in [0.25, 0.3) is 0 Å². The smallest absolute Gasteiger partial charge is 0.241 e. The molecule has 0 atom stereocenters. The van der Waals surface area contributed by atoms with Crippen molar-refractivity contribution in [1.29, 1.82) is 0 Å². The highest BCUT2D eigenvalue weighted by Gasteiger charge is 2.15. The van der Waals surface area contributed by atoms with Crippen LogP contribution >= 0.6 is 22.7 Å². The van der Waals surface area contributed by atoms with E-state index in [2.05, 4.69) is 10.0 Å². The Morgan fingerprint density at radius 3 is 2.79 bits per heavy atom. The number of hydrogen-bond donors (Lipinski definition) is 2. The van der Waals surface area contributed by atoms with Crippen LogP contribution in [0.5, 0.6) is 0 Å². The van der Waals surface area contributed by atoms with E-state index >= 15 is 0 Å². The monoisotopic (exact) mass is 316 g/mol. The average Bonchev–Trinajstić information content (AvgIpc) is 3.00. The van der Waals surface area contributed by atoms with Crippen molar-refractivity contribution in [3.63, 3.8) is 0 Å². The Labute approximate surface area is 121 Å². The molecule has 19 heavy (non-hydrogen) atoms. The quantitative estimate of drug-likeness (QED) is 0.822. The van der Waals surface area contributed by atoms with Crippen LogP contribution in [0, 0.1) is 0 Å². The first-order chi connectivity index (χ1) is 9.12. The maximum atomic E-state index is 12.1. The van der Waals surface area contributed by atoms with Crippen molar-refractivity contribution in [3.8, 4) is 0 Å². The molecule has 0 fully saturated rings. The fraction of sp³-hybridized carbons (Fsp3) is 0.333. The fourth-order valence-electron chi connectivity index (χ4n) is 1.62. The summed E-state index contributed by atoms with van der Waals surface area (Å²) in [5, 5.41) is 6.68. The molecule has 2 rings (SSSR count). The van der Waals surface area contributed by atoms with Gasteiger partial charge in [0.15, 0.2) is 0 Å². The van der Waals surface area contributed by atoms with Crippen molar-refractivity contribution in [2.24, 2.45) is 0 Å². The highest BCUT2D eigenvalue weighted by atomic mass is 32.2. The highest BCUT2D eigenvalue weighted by molar-refractivity contribution is 7.89. The summed E-state index contributed by atoms with van der Waals surface area (Å²) in [6, 6.07) is 5.70. The standard InChI is InChI=1S/C12H16N2O2S3/c1-13-8-11-7-12(9-18-11)19(15,16)14-5-4-10-3-2-6-17-10/h2-3,6-7,9,13-14H,4-5,8H2,1H3. The molecule has 0 radical (unpaired) electrons. The molecule has 0 saturated carbocycles. The predicted octanol–water partition coefficient (Wildman–Crippen LogP) is 2.05. The van der Waals surface area contributed by atoms with Crippen LogP contribution in [0.15, 0.2) is 33.9 Å². The molecule has 0 unspecified atom stereocenters. The first-order valence-electron chi connectivity index (χ1n) is 5.86. The molecule has 4 nitrogen and oxygen atoms in total. The minimum Gasteiger partial charge on any atom is -0.315 e. The third-order valence-electron chi connectivity index (χ3n) is 2.53. The minimum atomic E-state index is -3.37. The fourth-order valence-corrected chi connectivity index (χ4v) is 4.64. The van der Waals surface area contributed by atoms with E-state index in [4.69, 9.17) is 0 Å². The molecule has 2 aromatic heterocycles. The van der Waals surface area contributed by atoms with Crippen molar-refractivity contribution >= 4 is 32.7 Å². The normalized spacial score (nSPS) is 11.8. The summed E-state index contributed by atoms with van der Waals surface area (Å²) < 4.78 is 26.7. The minimum absolute atomic E-state index is 0.355. The molecule has 2 heterocycles. The molecule has 0 amide bonds. The van der Waals surface area contributed by atoms with Gasteiger partial charge < -0.3 is 5.32 Å². The zero-order valence-electron chi connectivity index (χ0n) is 10.5.